The first-order chi connectivity index (χ1) is 8.65. The summed E-state index contributed by atoms with van der Waals surface area (Å²) in [6.45, 7) is 4.25. The second kappa shape index (κ2) is 5.21. The molecule has 0 fully saturated rings. The van der Waals surface area contributed by atoms with Gasteiger partial charge < -0.3 is 5.73 Å². The third-order valence-corrected chi connectivity index (χ3v) is 3.24. The zero-order chi connectivity index (χ0) is 13.1. The Labute approximate surface area is 107 Å². The molecule has 2 N–H and O–H groups in total. The van der Waals surface area contributed by atoms with Crippen LogP contribution in [0.1, 0.15) is 44.9 Å². The molecule has 1 aromatic carbocycles. The van der Waals surface area contributed by atoms with Crippen molar-refractivity contribution in [2.45, 2.75) is 39.0 Å². The number of hydrogen-bond donors (Lipinski definition) is 1. The molecular formula is C14H19N3O. The molecular weight excluding hydrogens is 226 g/mol. The number of imidazole rings is 1. The average Bonchev–Trinajstić information content (AvgIpc) is 2.75. The molecule has 1 unspecified atom stereocenters. The average molecular weight is 245 g/mol. The van der Waals surface area contributed by atoms with Gasteiger partial charge in [-0.2, -0.15) is 0 Å². The highest BCUT2D eigenvalue weighted by Gasteiger charge is 2.18. The zero-order valence-corrected chi connectivity index (χ0v) is 10.9. The number of rotatable bonds is 4. The molecule has 18 heavy (non-hydrogen) atoms. The van der Waals surface area contributed by atoms with E-state index in [2.05, 4.69) is 18.8 Å². The molecule has 0 spiro atoms. The van der Waals surface area contributed by atoms with Crippen molar-refractivity contribution in [3.63, 3.8) is 0 Å². The van der Waals surface area contributed by atoms with E-state index >= 15 is 0 Å². The smallest absolute Gasteiger partial charge is 0.324 e. The lowest BCUT2D eigenvalue weighted by molar-refractivity contribution is 0.250. The van der Waals surface area contributed by atoms with E-state index in [1.165, 1.54) is 4.57 Å². The lowest BCUT2D eigenvalue weighted by atomic mass is 10.0. The molecule has 96 valence electrons. The van der Waals surface area contributed by atoms with Crippen molar-refractivity contribution in [2.24, 2.45) is 5.73 Å². The summed E-state index contributed by atoms with van der Waals surface area (Å²) in [6, 6.07) is 7.14. The molecule has 1 aromatic heterocycles. The van der Waals surface area contributed by atoms with Crippen molar-refractivity contribution in [1.82, 2.24) is 9.55 Å². The number of unbranched alkanes of at least 4 members (excludes halogenated alkanes) is 1. The molecule has 1 atom stereocenters. The highest BCUT2D eigenvalue weighted by atomic mass is 16.2. The van der Waals surface area contributed by atoms with Crippen LogP contribution in [0.25, 0.3) is 11.0 Å². The van der Waals surface area contributed by atoms with E-state index in [1.807, 2.05) is 24.3 Å². The number of nitrogens with zero attached hydrogens (tertiary/aromatic N) is 2. The van der Waals surface area contributed by atoms with E-state index in [0.717, 1.165) is 36.1 Å². The third-order valence-electron chi connectivity index (χ3n) is 3.24. The Morgan fingerprint density at radius 1 is 1.44 bits per heavy atom. The molecule has 0 aliphatic heterocycles. The minimum atomic E-state index is -0.456. The van der Waals surface area contributed by atoms with E-state index in [9.17, 15) is 4.79 Å². The molecule has 0 aliphatic carbocycles. The van der Waals surface area contributed by atoms with Gasteiger partial charge in [-0.1, -0.05) is 38.8 Å². The molecule has 4 heteroatoms. The van der Waals surface area contributed by atoms with Gasteiger partial charge in [0.15, 0.2) is 0 Å². The summed E-state index contributed by atoms with van der Waals surface area (Å²) in [5.74, 6) is 1.02. The van der Waals surface area contributed by atoms with Gasteiger partial charge in [0.2, 0.25) is 0 Å². The van der Waals surface area contributed by atoms with Gasteiger partial charge >= 0.3 is 6.03 Å². The van der Waals surface area contributed by atoms with E-state index < -0.39 is 6.03 Å². The van der Waals surface area contributed by atoms with Crippen LogP contribution in [-0.4, -0.2) is 15.6 Å². The van der Waals surface area contributed by atoms with Crippen molar-refractivity contribution < 1.29 is 4.79 Å². The van der Waals surface area contributed by atoms with Crippen molar-refractivity contribution in [1.29, 1.82) is 0 Å². The number of carbonyl (C=O) groups is 1. The number of benzene rings is 1. The molecule has 2 rings (SSSR count). The zero-order valence-electron chi connectivity index (χ0n) is 10.9. The Hall–Kier alpha value is -1.84. The van der Waals surface area contributed by atoms with Gasteiger partial charge in [-0.05, 0) is 18.6 Å². The molecule has 0 saturated carbocycles. The highest BCUT2D eigenvalue weighted by molar-refractivity contribution is 5.89. The minimum absolute atomic E-state index is 0.241. The quantitative estimate of drug-likeness (QED) is 0.898. The Kier molecular flexibility index (Phi) is 3.65. The fraction of sp³-hybridized carbons (Fsp3) is 0.429. The van der Waals surface area contributed by atoms with E-state index in [1.54, 1.807) is 0 Å². The fourth-order valence-corrected chi connectivity index (χ4v) is 2.25. The van der Waals surface area contributed by atoms with Crippen LogP contribution < -0.4 is 5.73 Å². The van der Waals surface area contributed by atoms with E-state index in [0.29, 0.717) is 0 Å². The number of carbonyl (C=O) groups excluding carboxylic acids is 1. The molecule has 4 nitrogen and oxygen atoms in total. The summed E-state index contributed by atoms with van der Waals surface area (Å²) in [6.07, 6.45) is 3.29. The molecule has 2 aromatic rings. The second-order valence-corrected chi connectivity index (χ2v) is 4.68. The standard InChI is InChI=1S/C14H19N3O/c1-3-4-7-10(2)13-16-11-8-5-6-9-12(11)17(13)14(15)18/h5-6,8-10H,3-4,7H2,1-2H3,(H2,15,18). The predicted octanol–water partition coefficient (Wildman–Crippen LogP) is 3.26. The maximum absolute atomic E-state index is 11.6. The first kappa shape index (κ1) is 12.6. The van der Waals surface area contributed by atoms with Crippen molar-refractivity contribution in [2.75, 3.05) is 0 Å². The van der Waals surface area contributed by atoms with Crippen LogP contribution in [0, 0.1) is 0 Å². The molecule has 0 aliphatic rings. The van der Waals surface area contributed by atoms with Gasteiger partial charge in [0.25, 0.3) is 0 Å². The van der Waals surface area contributed by atoms with Crippen LogP contribution in [0.15, 0.2) is 24.3 Å². The summed E-state index contributed by atoms with van der Waals surface area (Å²) < 4.78 is 1.54. The summed E-state index contributed by atoms with van der Waals surface area (Å²) in [5.41, 5.74) is 7.10. The van der Waals surface area contributed by atoms with Crippen LogP contribution in [0.2, 0.25) is 0 Å². The Balaban J connectivity index is 2.48. The van der Waals surface area contributed by atoms with Gasteiger partial charge in [0.05, 0.1) is 11.0 Å². The topological polar surface area (TPSA) is 60.9 Å². The van der Waals surface area contributed by atoms with Gasteiger partial charge in [-0.25, -0.2) is 14.3 Å². The maximum atomic E-state index is 11.6. The van der Waals surface area contributed by atoms with Gasteiger partial charge in [-0.3, -0.25) is 0 Å². The molecule has 0 radical (unpaired) electrons. The normalized spacial score (nSPS) is 12.8. The number of aromatic nitrogens is 2. The third kappa shape index (κ3) is 2.23. The first-order valence-electron chi connectivity index (χ1n) is 6.42. The molecule has 0 bridgehead atoms. The monoisotopic (exact) mass is 245 g/mol. The van der Waals surface area contributed by atoms with E-state index in [-0.39, 0.29) is 5.92 Å². The Morgan fingerprint density at radius 2 is 2.17 bits per heavy atom. The highest BCUT2D eigenvalue weighted by Crippen LogP contribution is 2.25. The van der Waals surface area contributed by atoms with Gasteiger partial charge in [-0.15, -0.1) is 0 Å². The first-order valence-corrected chi connectivity index (χ1v) is 6.42. The summed E-state index contributed by atoms with van der Waals surface area (Å²) in [5, 5.41) is 0. The van der Waals surface area contributed by atoms with Crippen LogP contribution >= 0.6 is 0 Å². The van der Waals surface area contributed by atoms with Gasteiger partial charge in [0, 0.05) is 5.92 Å². The Bertz CT molecular complexity index is 559. The lowest BCUT2D eigenvalue weighted by Crippen LogP contribution is -2.22. The predicted molar refractivity (Wildman–Crippen MR) is 72.7 cm³/mol. The van der Waals surface area contributed by atoms with Crippen molar-refractivity contribution >= 4 is 17.1 Å². The summed E-state index contributed by atoms with van der Waals surface area (Å²) >= 11 is 0. The SMILES string of the molecule is CCCCC(C)c1nc2ccccc2n1C(N)=O. The molecule has 1 heterocycles. The lowest BCUT2D eigenvalue weighted by Gasteiger charge is -2.11. The fourth-order valence-electron chi connectivity index (χ4n) is 2.25. The number of nitrogens with two attached hydrogens (primary N) is 1. The van der Waals surface area contributed by atoms with Gasteiger partial charge in [0.1, 0.15) is 5.82 Å². The molecule has 1 amide bonds. The summed E-state index contributed by atoms with van der Waals surface area (Å²) in [7, 11) is 0. The number of para-hydroxylation sites is 2. The number of primary amides is 1. The van der Waals surface area contributed by atoms with Crippen molar-refractivity contribution in [3.05, 3.63) is 30.1 Å². The number of hydrogen-bond acceptors (Lipinski definition) is 2. The Morgan fingerprint density at radius 3 is 2.83 bits per heavy atom. The minimum Gasteiger partial charge on any atom is -0.351 e. The number of amides is 1. The van der Waals surface area contributed by atoms with Crippen LogP contribution in [-0.2, 0) is 0 Å². The van der Waals surface area contributed by atoms with Crippen LogP contribution in [0.5, 0.6) is 0 Å². The molecule has 0 saturated heterocycles. The van der Waals surface area contributed by atoms with E-state index in [4.69, 9.17) is 5.73 Å². The van der Waals surface area contributed by atoms with Crippen LogP contribution in [0.3, 0.4) is 0 Å². The largest absolute Gasteiger partial charge is 0.351 e. The maximum Gasteiger partial charge on any atom is 0.324 e. The number of fused-ring (bicyclic) bond motifs is 1. The van der Waals surface area contributed by atoms with Crippen molar-refractivity contribution in [3.8, 4) is 0 Å². The second-order valence-electron chi connectivity index (χ2n) is 4.68. The van der Waals surface area contributed by atoms with Crippen LogP contribution in [0.4, 0.5) is 4.79 Å². The summed E-state index contributed by atoms with van der Waals surface area (Å²) in [4.78, 5) is 16.2.